The van der Waals surface area contributed by atoms with E-state index in [2.05, 4.69) is 42.4 Å². The molecule has 1 aromatic carbocycles. The molecule has 0 radical (unpaired) electrons. The number of nitrogens with one attached hydrogen (secondary N) is 1. The van der Waals surface area contributed by atoms with Crippen LogP contribution in [0.1, 0.15) is 43.7 Å². The van der Waals surface area contributed by atoms with Crippen molar-refractivity contribution in [2.75, 3.05) is 18.5 Å². The van der Waals surface area contributed by atoms with E-state index in [0.29, 0.717) is 6.04 Å². The highest BCUT2D eigenvalue weighted by Crippen LogP contribution is 2.33. The second kappa shape index (κ2) is 5.54. The summed E-state index contributed by atoms with van der Waals surface area (Å²) in [6.45, 7) is 4.54. The van der Waals surface area contributed by atoms with Crippen LogP contribution >= 0.6 is 0 Å². The van der Waals surface area contributed by atoms with Gasteiger partial charge in [-0.15, -0.1) is 0 Å². The lowest BCUT2D eigenvalue weighted by Crippen LogP contribution is -2.27. The van der Waals surface area contributed by atoms with E-state index in [1.165, 1.54) is 55.5 Å². The Hall–Kier alpha value is -1.02. The monoisotopic (exact) mass is 258 g/mol. The summed E-state index contributed by atoms with van der Waals surface area (Å²) in [6, 6.07) is 7.65. The minimum absolute atomic E-state index is 0.659. The lowest BCUT2D eigenvalue weighted by Gasteiger charge is -2.28. The first-order chi connectivity index (χ1) is 9.22. The van der Waals surface area contributed by atoms with Crippen LogP contribution in [0.2, 0.25) is 0 Å². The molecule has 0 spiro atoms. The van der Waals surface area contributed by atoms with Gasteiger partial charge in [-0.05, 0) is 49.3 Å². The predicted molar refractivity (Wildman–Crippen MR) is 81.7 cm³/mol. The molecule has 0 bridgehead atoms. The molecule has 1 fully saturated rings. The number of fused-ring (bicyclic) bond motifs is 1. The molecule has 1 heterocycles. The van der Waals surface area contributed by atoms with Crippen LogP contribution in [0.15, 0.2) is 18.2 Å². The molecule has 1 unspecified atom stereocenters. The van der Waals surface area contributed by atoms with Crippen LogP contribution in [0.3, 0.4) is 0 Å². The number of benzene rings is 1. The Morgan fingerprint density at radius 1 is 1.37 bits per heavy atom. The number of hydrogen-bond acceptors (Lipinski definition) is 2. The van der Waals surface area contributed by atoms with E-state index < -0.39 is 0 Å². The summed E-state index contributed by atoms with van der Waals surface area (Å²) in [6.07, 6.45) is 6.80. The standard InChI is InChI=1S/C17H26N2/c1-13(10-14-5-6-14)18-12-15-7-8-17-16(11-15)4-3-9-19(17)2/h7-8,11,13-14,18H,3-6,9-10,12H2,1-2H3. The molecule has 2 nitrogen and oxygen atoms in total. The molecule has 1 aliphatic heterocycles. The zero-order valence-corrected chi connectivity index (χ0v) is 12.3. The Balaban J connectivity index is 1.58. The number of anilines is 1. The topological polar surface area (TPSA) is 15.3 Å². The van der Waals surface area contributed by atoms with Crippen LogP contribution in [-0.2, 0) is 13.0 Å². The molecule has 1 atom stereocenters. The first-order valence-electron chi connectivity index (χ1n) is 7.78. The third-order valence-corrected chi connectivity index (χ3v) is 4.53. The average molecular weight is 258 g/mol. The van der Waals surface area contributed by atoms with Gasteiger partial charge in [0.2, 0.25) is 0 Å². The smallest absolute Gasteiger partial charge is 0.0396 e. The molecular formula is C17H26N2. The van der Waals surface area contributed by atoms with Crippen molar-refractivity contribution in [3.8, 4) is 0 Å². The fourth-order valence-electron chi connectivity index (χ4n) is 3.18. The molecule has 0 amide bonds. The number of aryl methyl sites for hydroxylation is 1. The van der Waals surface area contributed by atoms with Crippen LogP contribution in [0.5, 0.6) is 0 Å². The number of rotatable bonds is 5. The summed E-state index contributed by atoms with van der Waals surface area (Å²) in [5, 5.41) is 3.67. The third kappa shape index (κ3) is 3.30. The van der Waals surface area contributed by atoms with Gasteiger partial charge in [0.15, 0.2) is 0 Å². The Kier molecular flexibility index (Phi) is 3.79. The quantitative estimate of drug-likeness (QED) is 0.871. The maximum atomic E-state index is 3.67. The summed E-state index contributed by atoms with van der Waals surface area (Å²) in [4.78, 5) is 2.38. The molecule has 2 aliphatic rings. The predicted octanol–water partition coefficient (Wildman–Crippen LogP) is 3.35. The highest BCUT2D eigenvalue weighted by molar-refractivity contribution is 5.56. The van der Waals surface area contributed by atoms with Gasteiger partial charge in [0.1, 0.15) is 0 Å². The summed E-state index contributed by atoms with van der Waals surface area (Å²) in [5.41, 5.74) is 4.40. The molecule has 19 heavy (non-hydrogen) atoms. The molecule has 1 N–H and O–H groups in total. The summed E-state index contributed by atoms with van der Waals surface area (Å²) < 4.78 is 0. The molecule has 1 saturated carbocycles. The average Bonchev–Trinajstić information content (AvgIpc) is 3.20. The van der Waals surface area contributed by atoms with Crippen LogP contribution in [-0.4, -0.2) is 19.6 Å². The van der Waals surface area contributed by atoms with Crippen molar-refractivity contribution in [1.82, 2.24) is 5.32 Å². The minimum Gasteiger partial charge on any atom is -0.374 e. The highest BCUT2D eigenvalue weighted by Gasteiger charge is 2.23. The fraction of sp³-hybridized carbons (Fsp3) is 0.647. The summed E-state index contributed by atoms with van der Waals surface area (Å²) >= 11 is 0. The van der Waals surface area contributed by atoms with Crippen molar-refractivity contribution in [3.05, 3.63) is 29.3 Å². The molecule has 104 valence electrons. The Morgan fingerprint density at radius 3 is 3.00 bits per heavy atom. The molecule has 0 saturated heterocycles. The van der Waals surface area contributed by atoms with Crippen molar-refractivity contribution >= 4 is 5.69 Å². The van der Waals surface area contributed by atoms with Crippen molar-refractivity contribution in [3.63, 3.8) is 0 Å². The zero-order valence-electron chi connectivity index (χ0n) is 12.3. The van der Waals surface area contributed by atoms with Crippen LogP contribution in [0.4, 0.5) is 5.69 Å². The van der Waals surface area contributed by atoms with E-state index in [-0.39, 0.29) is 0 Å². The molecule has 0 aromatic heterocycles. The van der Waals surface area contributed by atoms with Gasteiger partial charge < -0.3 is 10.2 Å². The Bertz CT molecular complexity index is 437. The van der Waals surface area contributed by atoms with Crippen molar-refractivity contribution in [1.29, 1.82) is 0 Å². The van der Waals surface area contributed by atoms with E-state index >= 15 is 0 Å². The van der Waals surface area contributed by atoms with Gasteiger partial charge in [0, 0.05) is 31.9 Å². The number of nitrogens with zero attached hydrogens (tertiary/aromatic N) is 1. The summed E-state index contributed by atoms with van der Waals surface area (Å²) in [5.74, 6) is 1.01. The second-order valence-electron chi connectivity index (χ2n) is 6.45. The Morgan fingerprint density at radius 2 is 2.21 bits per heavy atom. The molecule has 2 heteroatoms. The fourth-order valence-corrected chi connectivity index (χ4v) is 3.18. The van der Waals surface area contributed by atoms with Crippen molar-refractivity contribution in [2.45, 2.75) is 51.6 Å². The SMILES string of the molecule is CC(CC1CC1)NCc1ccc2c(c1)CCCN2C. The second-order valence-corrected chi connectivity index (χ2v) is 6.45. The van der Waals surface area contributed by atoms with Gasteiger partial charge >= 0.3 is 0 Å². The van der Waals surface area contributed by atoms with Gasteiger partial charge in [-0.1, -0.05) is 25.0 Å². The summed E-state index contributed by atoms with van der Waals surface area (Å²) in [7, 11) is 2.20. The van der Waals surface area contributed by atoms with Crippen LogP contribution in [0, 0.1) is 5.92 Å². The number of hydrogen-bond donors (Lipinski definition) is 1. The van der Waals surface area contributed by atoms with E-state index in [9.17, 15) is 0 Å². The van der Waals surface area contributed by atoms with E-state index in [1.54, 1.807) is 0 Å². The van der Waals surface area contributed by atoms with Crippen molar-refractivity contribution in [2.24, 2.45) is 5.92 Å². The molecule has 3 rings (SSSR count). The third-order valence-electron chi connectivity index (χ3n) is 4.53. The molecular weight excluding hydrogens is 232 g/mol. The van der Waals surface area contributed by atoms with Crippen molar-refractivity contribution < 1.29 is 0 Å². The van der Waals surface area contributed by atoms with Gasteiger partial charge in [-0.3, -0.25) is 0 Å². The Labute approximate surface area is 117 Å². The lowest BCUT2D eigenvalue weighted by atomic mass is 9.99. The van der Waals surface area contributed by atoms with E-state index in [0.717, 1.165) is 12.5 Å². The van der Waals surface area contributed by atoms with Crippen LogP contribution < -0.4 is 10.2 Å². The molecule has 1 aliphatic carbocycles. The van der Waals surface area contributed by atoms with Gasteiger partial charge in [0.05, 0.1) is 0 Å². The van der Waals surface area contributed by atoms with Gasteiger partial charge in [-0.2, -0.15) is 0 Å². The maximum absolute atomic E-state index is 3.67. The lowest BCUT2D eigenvalue weighted by molar-refractivity contribution is 0.487. The highest BCUT2D eigenvalue weighted by atomic mass is 15.1. The van der Waals surface area contributed by atoms with Gasteiger partial charge in [0.25, 0.3) is 0 Å². The maximum Gasteiger partial charge on any atom is 0.0396 e. The first-order valence-corrected chi connectivity index (χ1v) is 7.78. The van der Waals surface area contributed by atoms with Crippen LogP contribution in [0.25, 0.3) is 0 Å². The molecule has 1 aromatic rings. The first kappa shape index (κ1) is 13.0. The van der Waals surface area contributed by atoms with E-state index in [1.807, 2.05) is 0 Å². The largest absolute Gasteiger partial charge is 0.374 e. The normalized spacial score (nSPS) is 20.2. The van der Waals surface area contributed by atoms with Gasteiger partial charge in [-0.25, -0.2) is 0 Å². The minimum atomic E-state index is 0.659. The zero-order chi connectivity index (χ0) is 13.2. The van der Waals surface area contributed by atoms with E-state index in [4.69, 9.17) is 0 Å².